The van der Waals surface area contributed by atoms with Crippen molar-refractivity contribution in [3.05, 3.63) is 16.9 Å². The second kappa shape index (κ2) is 6.49. The van der Waals surface area contributed by atoms with E-state index in [2.05, 4.69) is 10.00 Å². The molecule has 4 nitrogen and oxygen atoms in total. The number of rotatable bonds is 4. The number of carbonyl (C=O) groups excluding carboxylic acids is 1. The van der Waals surface area contributed by atoms with Gasteiger partial charge in [-0.25, -0.2) is 0 Å². The van der Waals surface area contributed by atoms with Crippen LogP contribution in [0.4, 0.5) is 0 Å². The highest BCUT2D eigenvalue weighted by molar-refractivity contribution is 6.34. The number of ketones is 1. The zero-order chi connectivity index (χ0) is 15.6. The van der Waals surface area contributed by atoms with Gasteiger partial charge in [0.1, 0.15) is 5.69 Å². The minimum atomic E-state index is -0.541. The Labute approximate surface area is 132 Å². The maximum absolute atomic E-state index is 13.1. The van der Waals surface area contributed by atoms with E-state index in [1.165, 1.54) is 12.8 Å². The van der Waals surface area contributed by atoms with E-state index in [9.17, 15) is 4.79 Å². The van der Waals surface area contributed by atoms with Crippen molar-refractivity contribution in [3.8, 4) is 0 Å². The molecule has 2 rings (SSSR count). The van der Waals surface area contributed by atoms with E-state index in [-0.39, 0.29) is 11.8 Å². The fraction of sp³-hybridized carbons (Fsp3) is 0.750. The van der Waals surface area contributed by atoms with Crippen LogP contribution >= 0.6 is 11.6 Å². The molecule has 0 radical (unpaired) electrons. The third-order valence-corrected chi connectivity index (χ3v) is 4.68. The molecule has 1 aliphatic heterocycles. The quantitative estimate of drug-likeness (QED) is 0.790. The Hall–Kier alpha value is -0.870. The number of likely N-dealkylation sites (tertiary alicyclic amines) is 1. The maximum atomic E-state index is 13.1. The summed E-state index contributed by atoms with van der Waals surface area (Å²) in [5.41, 5.74) is 0.00149. The topological polar surface area (TPSA) is 38.1 Å². The monoisotopic (exact) mass is 311 g/mol. The van der Waals surface area contributed by atoms with Crippen LogP contribution in [0.3, 0.4) is 0 Å². The minimum absolute atomic E-state index is 0.0700. The summed E-state index contributed by atoms with van der Waals surface area (Å²) in [6.45, 7) is 10.00. The predicted molar refractivity (Wildman–Crippen MR) is 86.1 cm³/mol. The van der Waals surface area contributed by atoms with Crippen LogP contribution in [0.2, 0.25) is 5.02 Å². The van der Waals surface area contributed by atoms with Gasteiger partial charge in [0.2, 0.25) is 5.78 Å². The van der Waals surface area contributed by atoms with Crippen LogP contribution < -0.4 is 0 Å². The van der Waals surface area contributed by atoms with Crippen molar-refractivity contribution in [2.75, 3.05) is 13.1 Å². The van der Waals surface area contributed by atoms with Gasteiger partial charge in [0, 0.05) is 6.04 Å². The number of aromatic nitrogens is 2. The fourth-order valence-corrected chi connectivity index (χ4v) is 3.22. The number of hydrogen-bond acceptors (Lipinski definition) is 3. The molecule has 0 atom stereocenters. The van der Waals surface area contributed by atoms with Gasteiger partial charge in [-0.05, 0) is 53.6 Å². The van der Waals surface area contributed by atoms with Gasteiger partial charge in [-0.2, -0.15) is 5.10 Å². The molecular weight excluding hydrogens is 286 g/mol. The van der Waals surface area contributed by atoms with E-state index in [1.807, 2.05) is 27.7 Å². The molecule has 2 heterocycles. The highest BCUT2D eigenvalue weighted by Gasteiger charge is 2.38. The summed E-state index contributed by atoms with van der Waals surface area (Å²) in [5.74, 6) is 0.0700. The van der Waals surface area contributed by atoms with Crippen LogP contribution in [-0.2, 0) is 0 Å². The Morgan fingerprint density at radius 1 is 1.24 bits per heavy atom. The molecule has 1 fully saturated rings. The second-order valence-electron chi connectivity index (χ2n) is 6.67. The van der Waals surface area contributed by atoms with Gasteiger partial charge >= 0.3 is 0 Å². The van der Waals surface area contributed by atoms with E-state index in [0.717, 1.165) is 25.9 Å². The van der Waals surface area contributed by atoms with E-state index < -0.39 is 5.54 Å². The average Bonchev–Trinajstić information content (AvgIpc) is 2.65. The van der Waals surface area contributed by atoms with Crippen LogP contribution in [0, 0.1) is 0 Å². The molecule has 118 valence electrons. The number of hydrogen-bond donors (Lipinski definition) is 0. The molecule has 1 aromatic rings. The molecule has 21 heavy (non-hydrogen) atoms. The molecule has 0 amide bonds. The van der Waals surface area contributed by atoms with Crippen molar-refractivity contribution in [3.63, 3.8) is 0 Å². The van der Waals surface area contributed by atoms with Crippen LogP contribution in [0.15, 0.2) is 6.20 Å². The number of nitrogens with zero attached hydrogens (tertiary/aromatic N) is 3. The summed E-state index contributed by atoms with van der Waals surface area (Å²) >= 11 is 6.24. The molecule has 0 saturated carbocycles. The summed E-state index contributed by atoms with van der Waals surface area (Å²) in [6.07, 6.45) is 6.41. The normalized spacial score (nSPS) is 18.0. The third-order valence-electron chi connectivity index (χ3n) is 4.41. The molecule has 0 aromatic carbocycles. The van der Waals surface area contributed by atoms with Crippen molar-refractivity contribution in [2.45, 2.75) is 65.0 Å². The van der Waals surface area contributed by atoms with Gasteiger partial charge in [-0.15, -0.1) is 0 Å². The van der Waals surface area contributed by atoms with Gasteiger partial charge < -0.3 is 0 Å². The zero-order valence-corrected chi connectivity index (χ0v) is 14.3. The smallest absolute Gasteiger partial charge is 0.202 e. The first-order valence-corrected chi connectivity index (χ1v) is 8.26. The average molecular weight is 312 g/mol. The maximum Gasteiger partial charge on any atom is 0.202 e. The Balaban J connectivity index is 2.31. The molecule has 0 N–H and O–H groups in total. The summed E-state index contributed by atoms with van der Waals surface area (Å²) in [4.78, 5) is 15.4. The lowest BCUT2D eigenvalue weighted by Gasteiger charge is -2.36. The zero-order valence-electron chi connectivity index (χ0n) is 13.5. The molecule has 0 aliphatic carbocycles. The summed E-state index contributed by atoms with van der Waals surface area (Å²) in [5, 5.41) is 4.71. The van der Waals surface area contributed by atoms with Crippen LogP contribution in [0.25, 0.3) is 0 Å². The highest BCUT2D eigenvalue weighted by atomic mass is 35.5. The minimum Gasteiger partial charge on any atom is -0.291 e. The summed E-state index contributed by atoms with van der Waals surface area (Å²) in [7, 11) is 0. The first-order valence-electron chi connectivity index (χ1n) is 7.88. The lowest BCUT2D eigenvalue weighted by molar-refractivity contribution is 0.0636. The van der Waals surface area contributed by atoms with Gasteiger partial charge in [-0.3, -0.25) is 14.4 Å². The highest BCUT2D eigenvalue weighted by Crippen LogP contribution is 2.28. The Morgan fingerprint density at radius 3 is 2.33 bits per heavy atom. The Kier molecular flexibility index (Phi) is 5.10. The number of Topliss-reactive ketones (excluding diaryl/α,β-unsaturated/α-hetero) is 1. The Morgan fingerprint density at radius 2 is 1.81 bits per heavy atom. The van der Waals surface area contributed by atoms with Crippen molar-refractivity contribution < 1.29 is 4.79 Å². The number of carbonyl (C=O) groups is 1. The summed E-state index contributed by atoms with van der Waals surface area (Å²) in [6, 6.07) is 0.122. The first kappa shape index (κ1) is 16.5. The van der Waals surface area contributed by atoms with Crippen LogP contribution in [0.5, 0.6) is 0 Å². The summed E-state index contributed by atoms with van der Waals surface area (Å²) < 4.78 is 1.74. The second-order valence-corrected chi connectivity index (χ2v) is 7.08. The third kappa shape index (κ3) is 3.32. The van der Waals surface area contributed by atoms with E-state index in [1.54, 1.807) is 10.9 Å². The fourth-order valence-electron chi connectivity index (χ4n) is 3.01. The lowest BCUT2D eigenvalue weighted by Crippen LogP contribution is -2.51. The molecule has 1 aliphatic rings. The molecular formula is C16H26ClN3O. The largest absolute Gasteiger partial charge is 0.291 e. The van der Waals surface area contributed by atoms with E-state index in [4.69, 9.17) is 11.6 Å². The van der Waals surface area contributed by atoms with Crippen LogP contribution in [-0.4, -0.2) is 39.1 Å². The molecule has 0 bridgehead atoms. The van der Waals surface area contributed by atoms with Gasteiger partial charge in [0.15, 0.2) is 0 Å². The van der Waals surface area contributed by atoms with Gasteiger partial charge in [0.05, 0.1) is 16.8 Å². The molecule has 1 saturated heterocycles. The molecule has 0 unspecified atom stereocenters. The van der Waals surface area contributed by atoms with E-state index >= 15 is 0 Å². The van der Waals surface area contributed by atoms with Crippen molar-refractivity contribution >= 4 is 17.4 Å². The van der Waals surface area contributed by atoms with E-state index in [0.29, 0.717) is 10.7 Å². The molecule has 1 aromatic heterocycles. The SMILES string of the molecule is CC(C)n1ncc(Cl)c1C(=O)C(C)(C)N1CCCCCC1. The van der Waals surface area contributed by atoms with Crippen molar-refractivity contribution in [1.29, 1.82) is 0 Å². The molecule has 0 spiro atoms. The van der Waals surface area contributed by atoms with Gasteiger partial charge in [0.25, 0.3) is 0 Å². The lowest BCUT2D eigenvalue weighted by atomic mass is 9.93. The predicted octanol–water partition coefficient (Wildman–Crippen LogP) is 3.95. The van der Waals surface area contributed by atoms with Crippen LogP contribution in [0.1, 0.15) is 69.9 Å². The molecule has 5 heteroatoms. The van der Waals surface area contributed by atoms with Crippen molar-refractivity contribution in [1.82, 2.24) is 14.7 Å². The Bertz CT molecular complexity index is 500. The number of halogens is 1. The first-order chi connectivity index (χ1) is 9.85. The standard InChI is InChI=1S/C16H26ClN3O/c1-12(2)20-14(13(17)11-18-20)15(21)16(3,4)19-9-7-5-6-8-10-19/h11-12H,5-10H2,1-4H3. The van der Waals surface area contributed by atoms with Crippen molar-refractivity contribution in [2.24, 2.45) is 0 Å². The van der Waals surface area contributed by atoms with Gasteiger partial charge in [-0.1, -0.05) is 24.4 Å².